The number of amides is 1. The van der Waals surface area contributed by atoms with Gasteiger partial charge in [0, 0.05) is 10.9 Å². The summed E-state index contributed by atoms with van der Waals surface area (Å²) in [6, 6.07) is 5.78. The monoisotopic (exact) mass is 413 g/mol. The van der Waals surface area contributed by atoms with Crippen LogP contribution in [-0.4, -0.2) is 25.9 Å². The zero-order valence-electron chi connectivity index (χ0n) is 13.5. The molecule has 1 amide bonds. The standard InChI is InChI=1S/C16H11ClF3N5OS/c17-9-2-1-3-10(6-9)25-12(16(18,19)20)11(7-21-25)13(26)22-15-24-23-14(27-15)8-4-5-8/h1-3,6-8H,4-5H2,(H,22,24,26). The van der Waals surface area contributed by atoms with E-state index < -0.39 is 23.3 Å². The summed E-state index contributed by atoms with van der Waals surface area (Å²) in [5.41, 5.74) is -1.69. The Kier molecular flexibility index (Phi) is 4.39. The molecule has 6 nitrogen and oxygen atoms in total. The molecule has 1 aliphatic carbocycles. The van der Waals surface area contributed by atoms with Gasteiger partial charge in [-0.15, -0.1) is 10.2 Å². The fourth-order valence-electron chi connectivity index (χ4n) is 2.54. The molecule has 1 saturated carbocycles. The lowest BCUT2D eigenvalue weighted by molar-refractivity contribution is -0.143. The summed E-state index contributed by atoms with van der Waals surface area (Å²) in [5.74, 6) is -0.612. The van der Waals surface area contributed by atoms with Crippen LogP contribution in [0.5, 0.6) is 0 Å². The first-order valence-corrected chi connectivity index (χ1v) is 9.08. The normalized spacial score (nSPS) is 14.4. The molecule has 0 bridgehead atoms. The molecule has 2 aromatic heterocycles. The van der Waals surface area contributed by atoms with E-state index in [2.05, 4.69) is 20.6 Å². The Morgan fingerprint density at radius 3 is 2.74 bits per heavy atom. The number of benzene rings is 1. The van der Waals surface area contributed by atoms with E-state index in [9.17, 15) is 18.0 Å². The van der Waals surface area contributed by atoms with E-state index in [0.29, 0.717) is 10.6 Å². The molecule has 27 heavy (non-hydrogen) atoms. The van der Waals surface area contributed by atoms with Crippen molar-refractivity contribution in [2.75, 3.05) is 5.32 Å². The Morgan fingerprint density at radius 2 is 2.07 bits per heavy atom. The van der Waals surface area contributed by atoms with Crippen LogP contribution in [0, 0.1) is 0 Å². The summed E-state index contributed by atoms with van der Waals surface area (Å²) in [6.07, 6.45) is -1.91. The molecule has 2 heterocycles. The van der Waals surface area contributed by atoms with Gasteiger partial charge in [-0.05, 0) is 31.0 Å². The summed E-state index contributed by atoms with van der Waals surface area (Å²) in [6.45, 7) is 0. The van der Waals surface area contributed by atoms with E-state index in [4.69, 9.17) is 11.6 Å². The third-order valence-electron chi connectivity index (χ3n) is 3.92. The minimum Gasteiger partial charge on any atom is -0.296 e. The van der Waals surface area contributed by atoms with E-state index in [-0.39, 0.29) is 15.8 Å². The van der Waals surface area contributed by atoms with Crippen molar-refractivity contribution in [3.05, 3.63) is 51.7 Å². The van der Waals surface area contributed by atoms with Gasteiger partial charge < -0.3 is 0 Å². The molecule has 1 N–H and O–H groups in total. The van der Waals surface area contributed by atoms with Crippen molar-refractivity contribution in [2.45, 2.75) is 24.9 Å². The molecule has 11 heteroatoms. The molecular formula is C16H11ClF3N5OS. The van der Waals surface area contributed by atoms with Crippen molar-refractivity contribution >= 4 is 34.0 Å². The summed E-state index contributed by atoms with van der Waals surface area (Å²) in [7, 11) is 0. The fourth-order valence-corrected chi connectivity index (χ4v) is 3.63. The number of alkyl halides is 3. The molecule has 140 valence electrons. The number of halogens is 4. The summed E-state index contributed by atoms with van der Waals surface area (Å²) >= 11 is 7.02. The number of rotatable bonds is 4. The Balaban J connectivity index is 1.68. The van der Waals surface area contributed by atoms with Crippen LogP contribution in [0.3, 0.4) is 0 Å². The minimum absolute atomic E-state index is 0.0980. The number of nitrogens with zero attached hydrogens (tertiary/aromatic N) is 4. The van der Waals surface area contributed by atoms with E-state index in [1.54, 1.807) is 0 Å². The molecule has 0 atom stereocenters. The van der Waals surface area contributed by atoms with E-state index >= 15 is 0 Å². The molecule has 1 fully saturated rings. The molecule has 1 aliphatic rings. The summed E-state index contributed by atoms with van der Waals surface area (Å²) in [4.78, 5) is 12.4. The molecule has 3 aromatic rings. The van der Waals surface area contributed by atoms with Gasteiger partial charge in [-0.25, -0.2) is 4.68 Å². The highest BCUT2D eigenvalue weighted by atomic mass is 35.5. The smallest absolute Gasteiger partial charge is 0.296 e. The lowest BCUT2D eigenvalue weighted by Gasteiger charge is -2.12. The van der Waals surface area contributed by atoms with Gasteiger partial charge in [0.05, 0.1) is 17.4 Å². The maximum atomic E-state index is 13.6. The van der Waals surface area contributed by atoms with Gasteiger partial charge in [0.15, 0.2) is 5.69 Å². The second-order valence-corrected chi connectivity index (χ2v) is 7.42. The minimum atomic E-state index is -4.80. The number of hydrogen-bond donors (Lipinski definition) is 1. The second-order valence-electron chi connectivity index (χ2n) is 5.97. The molecule has 0 radical (unpaired) electrons. The fraction of sp³-hybridized carbons (Fsp3) is 0.250. The van der Waals surface area contributed by atoms with Crippen molar-refractivity contribution < 1.29 is 18.0 Å². The maximum absolute atomic E-state index is 13.6. The summed E-state index contributed by atoms with van der Waals surface area (Å²) in [5, 5.41) is 15.1. The number of anilines is 1. The van der Waals surface area contributed by atoms with E-state index in [1.807, 2.05) is 0 Å². The van der Waals surface area contributed by atoms with Crippen LogP contribution in [0.1, 0.15) is 39.8 Å². The molecule has 0 unspecified atom stereocenters. The molecule has 0 saturated heterocycles. The van der Waals surface area contributed by atoms with E-state index in [1.165, 1.54) is 24.3 Å². The second kappa shape index (κ2) is 6.61. The first kappa shape index (κ1) is 17.9. The van der Waals surface area contributed by atoms with Crippen molar-refractivity contribution in [3.8, 4) is 5.69 Å². The van der Waals surface area contributed by atoms with Crippen LogP contribution >= 0.6 is 22.9 Å². The molecular weight excluding hydrogens is 403 g/mol. The topological polar surface area (TPSA) is 72.7 Å². The van der Waals surface area contributed by atoms with Gasteiger partial charge in [-0.3, -0.25) is 10.1 Å². The van der Waals surface area contributed by atoms with Crippen molar-refractivity contribution in [2.24, 2.45) is 0 Å². The summed E-state index contributed by atoms with van der Waals surface area (Å²) < 4.78 is 41.6. The van der Waals surface area contributed by atoms with Crippen LogP contribution in [-0.2, 0) is 6.18 Å². The Hall–Kier alpha value is -2.46. The Bertz CT molecular complexity index is 1010. The highest BCUT2D eigenvalue weighted by Crippen LogP contribution is 2.42. The van der Waals surface area contributed by atoms with E-state index in [0.717, 1.165) is 35.4 Å². The lowest BCUT2D eigenvalue weighted by atomic mass is 10.2. The third kappa shape index (κ3) is 3.67. The van der Waals surface area contributed by atoms with Crippen LogP contribution in [0.25, 0.3) is 5.69 Å². The molecule has 0 aliphatic heterocycles. The maximum Gasteiger partial charge on any atom is 0.434 e. The van der Waals surface area contributed by atoms with Gasteiger partial charge in [0.2, 0.25) is 5.13 Å². The average molecular weight is 414 g/mol. The van der Waals surface area contributed by atoms with Crippen LogP contribution in [0.15, 0.2) is 30.5 Å². The lowest BCUT2D eigenvalue weighted by Crippen LogP contribution is -2.20. The van der Waals surface area contributed by atoms with Crippen molar-refractivity contribution in [1.82, 2.24) is 20.0 Å². The first-order valence-electron chi connectivity index (χ1n) is 7.89. The predicted octanol–water partition coefficient (Wildman–Crippen LogP) is 4.53. The number of nitrogens with one attached hydrogen (secondary N) is 1. The van der Waals surface area contributed by atoms with Gasteiger partial charge in [-0.2, -0.15) is 18.3 Å². The quantitative estimate of drug-likeness (QED) is 0.682. The number of aromatic nitrogens is 4. The third-order valence-corrected chi connectivity index (χ3v) is 5.16. The van der Waals surface area contributed by atoms with Crippen LogP contribution < -0.4 is 5.32 Å². The Morgan fingerprint density at radius 1 is 1.30 bits per heavy atom. The average Bonchev–Trinajstić information content (AvgIpc) is 3.17. The first-order chi connectivity index (χ1) is 12.8. The van der Waals surface area contributed by atoms with Crippen molar-refractivity contribution in [3.63, 3.8) is 0 Å². The predicted molar refractivity (Wildman–Crippen MR) is 93.4 cm³/mol. The van der Waals surface area contributed by atoms with Crippen LogP contribution in [0.2, 0.25) is 5.02 Å². The highest BCUT2D eigenvalue weighted by molar-refractivity contribution is 7.15. The zero-order chi connectivity index (χ0) is 19.2. The van der Waals surface area contributed by atoms with Gasteiger partial charge in [0.1, 0.15) is 5.01 Å². The highest BCUT2D eigenvalue weighted by Gasteiger charge is 2.41. The Labute approximate surface area is 160 Å². The molecule has 1 aromatic carbocycles. The molecule has 0 spiro atoms. The number of carbonyl (C=O) groups is 1. The van der Waals surface area contributed by atoms with Gasteiger partial charge >= 0.3 is 6.18 Å². The van der Waals surface area contributed by atoms with Crippen LogP contribution in [0.4, 0.5) is 18.3 Å². The SMILES string of the molecule is O=C(Nc1nnc(C2CC2)s1)c1cnn(-c2cccc(Cl)c2)c1C(F)(F)F. The molecule has 4 rings (SSSR count). The largest absolute Gasteiger partial charge is 0.434 e. The van der Waals surface area contributed by atoms with Crippen molar-refractivity contribution in [1.29, 1.82) is 0 Å². The van der Waals surface area contributed by atoms with Gasteiger partial charge in [0.25, 0.3) is 5.91 Å². The zero-order valence-corrected chi connectivity index (χ0v) is 15.1. The number of hydrogen-bond acceptors (Lipinski definition) is 5. The number of carbonyl (C=O) groups excluding carboxylic acids is 1. The van der Waals surface area contributed by atoms with Gasteiger partial charge in [-0.1, -0.05) is 29.0 Å².